The van der Waals surface area contributed by atoms with E-state index in [0.29, 0.717) is 6.54 Å². The summed E-state index contributed by atoms with van der Waals surface area (Å²) in [5.41, 5.74) is 4.91. The van der Waals surface area contributed by atoms with Crippen LogP contribution in [-0.4, -0.2) is 19.9 Å². The van der Waals surface area contributed by atoms with Gasteiger partial charge in [-0.15, -0.1) is 0 Å². The standard InChI is InChI=1S/C17H19N3O/c1-4-20-12(2)9-14(13(20)3)17(21)10-19-11-18-15-7-5-6-8-16(15)19/h5-9,11H,4,10H2,1-3H3. The number of para-hydroxylation sites is 2. The van der Waals surface area contributed by atoms with E-state index in [9.17, 15) is 4.79 Å². The van der Waals surface area contributed by atoms with Gasteiger partial charge in [0, 0.05) is 23.5 Å². The summed E-state index contributed by atoms with van der Waals surface area (Å²) < 4.78 is 4.08. The van der Waals surface area contributed by atoms with Crippen LogP contribution in [0.4, 0.5) is 0 Å². The quantitative estimate of drug-likeness (QED) is 0.688. The van der Waals surface area contributed by atoms with Crippen molar-refractivity contribution in [2.24, 2.45) is 0 Å². The van der Waals surface area contributed by atoms with E-state index in [1.807, 2.05) is 48.7 Å². The molecule has 0 unspecified atom stereocenters. The average Bonchev–Trinajstić information content (AvgIpc) is 3.01. The van der Waals surface area contributed by atoms with Gasteiger partial charge in [0.25, 0.3) is 0 Å². The molecule has 3 aromatic rings. The Morgan fingerprint density at radius 1 is 1.24 bits per heavy atom. The molecule has 0 aliphatic rings. The van der Waals surface area contributed by atoms with Gasteiger partial charge in [-0.1, -0.05) is 12.1 Å². The number of nitrogens with zero attached hydrogens (tertiary/aromatic N) is 3. The number of Topliss-reactive ketones (excluding diaryl/α,β-unsaturated/α-hetero) is 1. The van der Waals surface area contributed by atoms with E-state index in [2.05, 4.69) is 16.5 Å². The van der Waals surface area contributed by atoms with Crippen molar-refractivity contribution in [2.75, 3.05) is 0 Å². The Kier molecular flexibility index (Phi) is 3.37. The molecule has 4 nitrogen and oxygen atoms in total. The van der Waals surface area contributed by atoms with Gasteiger partial charge in [-0.25, -0.2) is 4.98 Å². The van der Waals surface area contributed by atoms with Gasteiger partial charge in [-0.05, 0) is 39.0 Å². The Labute approximate surface area is 124 Å². The van der Waals surface area contributed by atoms with Gasteiger partial charge >= 0.3 is 0 Å². The Hall–Kier alpha value is -2.36. The zero-order chi connectivity index (χ0) is 15.0. The number of imidazole rings is 1. The second-order valence-electron chi connectivity index (χ2n) is 5.31. The number of hydrogen-bond acceptors (Lipinski definition) is 2. The minimum Gasteiger partial charge on any atom is -0.349 e. The first kappa shape index (κ1) is 13.6. The highest BCUT2D eigenvalue weighted by Gasteiger charge is 2.16. The molecule has 0 amide bonds. The van der Waals surface area contributed by atoms with E-state index in [4.69, 9.17) is 0 Å². The molecule has 0 fully saturated rings. The lowest BCUT2D eigenvalue weighted by atomic mass is 10.1. The maximum Gasteiger partial charge on any atom is 0.184 e. The summed E-state index contributed by atoms with van der Waals surface area (Å²) >= 11 is 0. The van der Waals surface area contributed by atoms with Crippen molar-refractivity contribution < 1.29 is 4.79 Å². The molecule has 0 saturated carbocycles. The summed E-state index contributed by atoms with van der Waals surface area (Å²) in [6.07, 6.45) is 1.74. The third kappa shape index (κ3) is 2.27. The summed E-state index contributed by atoms with van der Waals surface area (Å²) in [4.78, 5) is 16.9. The van der Waals surface area contributed by atoms with Gasteiger partial charge in [0.2, 0.25) is 0 Å². The molecule has 2 heterocycles. The van der Waals surface area contributed by atoms with Crippen molar-refractivity contribution in [2.45, 2.75) is 33.9 Å². The second-order valence-corrected chi connectivity index (χ2v) is 5.31. The maximum atomic E-state index is 12.6. The molecule has 0 bridgehead atoms. The van der Waals surface area contributed by atoms with Crippen molar-refractivity contribution in [3.8, 4) is 0 Å². The van der Waals surface area contributed by atoms with Crippen LogP contribution in [-0.2, 0) is 13.1 Å². The summed E-state index contributed by atoms with van der Waals surface area (Å²) in [5, 5.41) is 0. The number of ketones is 1. The van der Waals surface area contributed by atoms with Gasteiger partial charge in [-0.3, -0.25) is 4.79 Å². The van der Waals surface area contributed by atoms with Crippen LogP contribution in [0.5, 0.6) is 0 Å². The number of hydrogen-bond donors (Lipinski definition) is 0. The van der Waals surface area contributed by atoms with Crippen molar-refractivity contribution in [1.82, 2.24) is 14.1 Å². The minimum atomic E-state index is 0.131. The van der Waals surface area contributed by atoms with Crippen LogP contribution in [0.15, 0.2) is 36.7 Å². The van der Waals surface area contributed by atoms with Crippen molar-refractivity contribution >= 4 is 16.8 Å². The third-order valence-corrected chi connectivity index (χ3v) is 4.03. The fourth-order valence-electron chi connectivity index (χ4n) is 2.95. The number of fused-ring (bicyclic) bond motifs is 1. The SMILES string of the molecule is CCn1c(C)cc(C(=O)Cn2cnc3ccccc32)c1C. The topological polar surface area (TPSA) is 39.8 Å². The lowest BCUT2D eigenvalue weighted by Crippen LogP contribution is -2.11. The first-order valence-corrected chi connectivity index (χ1v) is 7.21. The van der Waals surface area contributed by atoms with Crippen molar-refractivity contribution in [3.05, 3.63) is 53.6 Å². The van der Waals surface area contributed by atoms with Crippen LogP contribution < -0.4 is 0 Å². The zero-order valence-corrected chi connectivity index (χ0v) is 12.6. The number of benzene rings is 1. The summed E-state index contributed by atoms with van der Waals surface area (Å²) in [6.45, 7) is 7.36. The average molecular weight is 281 g/mol. The van der Waals surface area contributed by atoms with Crippen molar-refractivity contribution in [3.63, 3.8) is 0 Å². The molecule has 0 atom stereocenters. The first-order chi connectivity index (χ1) is 10.1. The molecule has 0 saturated heterocycles. The first-order valence-electron chi connectivity index (χ1n) is 7.21. The van der Waals surface area contributed by atoms with Gasteiger partial charge in [0.1, 0.15) is 0 Å². The van der Waals surface area contributed by atoms with E-state index in [1.54, 1.807) is 6.33 Å². The van der Waals surface area contributed by atoms with Crippen LogP contribution in [0.1, 0.15) is 28.7 Å². The van der Waals surface area contributed by atoms with E-state index < -0.39 is 0 Å². The maximum absolute atomic E-state index is 12.6. The number of rotatable bonds is 4. The molecule has 3 rings (SSSR count). The summed E-state index contributed by atoms with van der Waals surface area (Å²) in [5.74, 6) is 0.131. The molecular weight excluding hydrogens is 262 g/mol. The smallest absolute Gasteiger partial charge is 0.184 e. The van der Waals surface area contributed by atoms with Gasteiger partial charge in [0.15, 0.2) is 5.78 Å². The highest BCUT2D eigenvalue weighted by molar-refractivity contribution is 5.98. The number of carbonyl (C=O) groups excluding carboxylic acids is 1. The fraction of sp³-hybridized carbons (Fsp3) is 0.294. The molecule has 108 valence electrons. The molecule has 0 aliphatic carbocycles. The van der Waals surface area contributed by atoms with E-state index in [0.717, 1.165) is 34.5 Å². The highest BCUT2D eigenvalue weighted by atomic mass is 16.1. The molecule has 2 aromatic heterocycles. The van der Waals surface area contributed by atoms with E-state index >= 15 is 0 Å². The largest absolute Gasteiger partial charge is 0.349 e. The minimum absolute atomic E-state index is 0.131. The Morgan fingerprint density at radius 3 is 2.71 bits per heavy atom. The van der Waals surface area contributed by atoms with Crippen LogP contribution in [0, 0.1) is 13.8 Å². The third-order valence-electron chi connectivity index (χ3n) is 4.03. The summed E-state index contributed by atoms with van der Waals surface area (Å²) in [6, 6.07) is 9.86. The predicted octanol–water partition coefficient (Wildman–Crippen LogP) is 3.36. The molecule has 21 heavy (non-hydrogen) atoms. The lowest BCUT2D eigenvalue weighted by Gasteiger charge is -2.06. The Bertz CT molecular complexity index is 811. The molecular formula is C17H19N3O. The van der Waals surface area contributed by atoms with Gasteiger partial charge in [0.05, 0.1) is 23.9 Å². The Morgan fingerprint density at radius 2 is 2.00 bits per heavy atom. The fourth-order valence-corrected chi connectivity index (χ4v) is 2.95. The van der Waals surface area contributed by atoms with Crippen molar-refractivity contribution in [1.29, 1.82) is 0 Å². The monoisotopic (exact) mass is 281 g/mol. The molecule has 0 spiro atoms. The van der Waals surface area contributed by atoms with Crippen LogP contribution in [0.3, 0.4) is 0 Å². The van der Waals surface area contributed by atoms with Crippen LogP contribution in [0.25, 0.3) is 11.0 Å². The Balaban J connectivity index is 1.93. The summed E-state index contributed by atoms with van der Waals surface area (Å²) in [7, 11) is 0. The lowest BCUT2D eigenvalue weighted by molar-refractivity contribution is 0.0972. The van der Waals surface area contributed by atoms with Gasteiger partial charge in [-0.2, -0.15) is 0 Å². The number of carbonyl (C=O) groups is 1. The molecule has 0 radical (unpaired) electrons. The second kappa shape index (κ2) is 5.20. The zero-order valence-electron chi connectivity index (χ0n) is 12.6. The molecule has 0 aliphatic heterocycles. The van der Waals surface area contributed by atoms with E-state index in [1.165, 1.54) is 0 Å². The van der Waals surface area contributed by atoms with Gasteiger partial charge < -0.3 is 9.13 Å². The molecule has 0 N–H and O–H groups in total. The number of aryl methyl sites for hydroxylation is 1. The number of aromatic nitrogens is 3. The van der Waals surface area contributed by atoms with Crippen LogP contribution >= 0.6 is 0 Å². The highest BCUT2D eigenvalue weighted by Crippen LogP contribution is 2.18. The molecule has 1 aromatic carbocycles. The van der Waals surface area contributed by atoms with Crippen LogP contribution in [0.2, 0.25) is 0 Å². The normalized spacial score (nSPS) is 11.2. The van der Waals surface area contributed by atoms with E-state index in [-0.39, 0.29) is 5.78 Å². The molecule has 4 heteroatoms. The predicted molar refractivity (Wildman–Crippen MR) is 83.6 cm³/mol.